The van der Waals surface area contributed by atoms with Gasteiger partial charge in [-0.3, -0.25) is 4.79 Å². The maximum Gasteiger partial charge on any atom is 0.405 e. The summed E-state index contributed by atoms with van der Waals surface area (Å²) >= 11 is 0. The van der Waals surface area contributed by atoms with Gasteiger partial charge in [0.15, 0.2) is 0 Å². The number of anilines is 2. The SMILES string of the molecule is C[C@H](NC(=O)O)C(=O)Nc1ccc(F)cc1NC1CC(C#N)C1. The molecule has 0 aromatic heterocycles. The lowest BCUT2D eigenvalue weighted by atomic mass is 9.81. The Morgan fingerprint density at radius 3 is 2.70 bits per heavy atom. The minimum absolute atomic E-state index is 0.00103. The van der Waals surface area contributed by atoms with Gasteiger partial charge in [-0.2, -0.15) is 5.26 Å². The van der Waals surface area contributed by atoms with Crippen LogP contribution in [0.15, 0.2) is 18.2 Å². The summed E-state index contributed by atoms with van der Waals surface area (Å²) < 4.78 is 13.4. The van der Waals surface area contributed by atoms with Crippen molar-refractivity contribution >= 4 is 23.4 Å². The fourth-order valence-electron chi connectivity index (χ4n) is 2.30. The van der Waals surface area contributed by atoms with Crippen molar-refractivity contribution in [1.29, 1.82) is 5.26 Å². The molecule has 0 radical (unpaired) electrons. The van der Waals surface area contributed by atoms with E-state index in [0.717, 1.165) is 0 Å². The molecule has 1 saturated carbocycles. The second-order valence-corrected chi connectivity index (χ2v) is 5.49. The van der Waals surface area contributed by atoms with Crippen molar-refractivity contribution < 1.29 is 19.1 Å². The predicted octanol–water partition coefficient (Wildman–Crippen LogP) is 2.13. The number of amides is 2. The van der Waals surface area contributed by atoms with E-state index in [2.05, 4.69) is 16.7 Å². The molecular formula is C15H17FN4O3. The minimum atomic E-state index is -1.30. The first-order valence-corrected chi connectivity index (χ1v) is 7.15. The molecule has 1 atom stereocenters. The Hall–Kier alpha value is -2.82. The number of hydrogen-bond donors (Lipinski definition) is 4. The molecule has 0 aliphatic heterocycles. The van der Waals surface area contributed by atoms with Crippen molar-refractivity contribution in [3.05, 3.63) is 24.0 Å². The third-order valence-corrected chi connectivity index (χ3v) is 3.65. The monoisotopic (exact) mass is 320 g/mol. The second kappa shape index (κ2) is 6.96. The molecule has 1 aliphatic rings. The molecule has 2 amide bonds. The average molecular weight is 320 g/mol. The van der Waals surface area contributed by atoms with Crippen LogP contribution in [-0.2, 0) is 4.79 Å². The highest BCUT2D eigenvalue weighted by Crippen LogP contribution is 2.32. The van der Waals surface area contributed by atoms with Crippen LogP contribution in [-0.4, -0.2) is 29.2 Å². The third-order valence-electron chi connectivity index (χ3n) is 3.65. The molecular weight excluding hydrogens is 303 g/mol. The maximum absolute atomic E-state index is 13.4. The number of carboxylic acid groups (broad SMARTS) is 1. The topological polar surface area (TPSA) is 114 Å². The Bertz CT molecular complexity index is 653. The van der Waals surface area contributed by atoms with Crippen molar-refractivity contribution in [2.45, 2.75) is 31.8 Å². The quantitative estimate of drug-likeness (QED) is 0.663. The number of rotatable bonds is 5. The summed E-state index contributed by atoms with van der Waals surface area (Å²) in [4.78, 5) is 22.5. The number of nitrogens with zero attached hydrogens (tertiary/aromatic N) is 1. The first kappa shape index (κ1) is 16.5. The molecule has 2 rings (SSSR count). The highest BCUT2D eigenvalue weighted by atomic mass is 19.1. The van der Waals surface area contributed by atoms with Gasteiger partial charge in [0.1, 0.15) is 11.9 Å². The van der Waals surface area contributed by atoms with Crippen LogP contribution in [0.25, 0.3) is 0 Å². The Labute approximate surface area is 132 Å². The number of carbonyl (C=O) groups excluding carboxylic acids is 1. The molecule has 1 aliphatic carbocycles. The molecule has 0 bridgehead atoms. The van der Waals surface area contributed by atoms with Crippen molar-refractivity contribution in [3.8, 4) is 6.07 Å². The zero-order chi connectivity index (χ0) is 17.0. The molecule has 122 valence electrons. The molecule has 0 heterocycles. The van der Waals surface area contributed by atoms with Crippen LogP contribution in [0.4, 0.5) is 20.6 Å². The van der Waals surface area contributed by atoms with Gasteiger partial charge in [-0.15, -0.1) is 0 Å². The van der Waals surface area contributed by atoms with Crippen molar-refractivity contribution in [3.63, 3.8) is 0 Å². The van der Waals surface area contributed by atoms with Gasteiger partial charge in [-0.05, 0) is 38.0 Å². The highest BCUT2D eigenvalue weighted by molar-refractivity contribution is 5.98. The number of nitrogens with one attached hydrogen (secondary N) is 3. The van der Waals surface area contributed by atoms with Crippen LogP contribution in [0.2, 0.25) is 0 Å². The third kappa shape index (κ3) is 4.32. The lowest BCUT2D eigenvalue weighted by molar-refractivity contribution is -0.117. The number of carbonyl (C=O) groups is 2. The van der Waals surface area contributed by atoms with Crippen LogP contribution < -0.4 is 16.0 Å². The van der Waals surface area contributed by atoms with Crippen LogP contribution in [0.1, 0.15) is 19.8 Å². The number of nitriles is 1. The standard InChI is InChI=1S/C15H17FN4O3/c1-8(18-15(22)23)14(21)20-12-3-2-10(16)6-13(12)19-11-4-9(5-11)7-17/h2-3,6,8-9,11,18-19H,4-5H2,1H3,(H,20,21)(H,22,23)/t8-,9?,11?/m0/s1. The van der Waals surface area contributed by atoms with Gasteiger partial charge in [0.2, 0.25) is 5.91 Å². The minimum Gasteiger partial charge on any atom is -0.465 e. The number of benzene rings is 1. The molecule has 0 spiro atoms. The Balaban J connectivity index is 2.05. The second-order valence-electron chi connectivity index (χ2n) is 5.49. The summed E-state index contributed by atoms with van der Waals surface area (Å²) in [6.45, 7) is 1.41. The van der Waals surface area contributed by atoms with Crippen molar-refractivity contribution in [2.24, 2.45) is 5.92 Å². The van der Waals surface area contributed by atoms with E-state index in [4.69, 9.17) is 10.4 Å². The van der Waals surface area contributed by atoms with Gasteiger partial charge in [0.05, 0.1) is 23.4 Å². The van der Waals surface area contributed by atoms with Crippen LogP contribution in [0.3, 0.4) is 0 Å². The molecule has 0 saturated heterocycles. The Morgan fingerprint density at radius 2 is 2.09 bits per heavy atom. The molecule has 4 N–H and O–H groups in total. The maximum atomic E-state index is 13.4. The van der Waals surface area contributed by atoms with Gasteiger partial charge in [0, 0.05) is 6.04 Å². The summed E-state index contributed by atoms with van der Waals surface area (Å²) in [5, 5.41) is 25.1. The molecule has 1 aromatic rings. The molecule has 23 heavy (non-hydrogen) atoms. The summed E-state index contributed by atoms with van der Waals surface area (Å²) in [6, 6.07) is 5.13. The summed E-state index contributed by atoms with van der Waals surface area (Å²) in [6.07, 6.45) is 0.0245. The Morgan fingerprint density at radius 1 is 1.39 bits per heavy atom. The van der Waals surface area contributed by atoms with Gasteiger partial charge in [0.25, 0.3) is 0 Å². The van der Waals surface area contributed by atoms with E-state index in [-0.39, 0.29) is 12.0 Å². The molecule has 8 heteroatoms. The van der Waals surface area contributed by atoms with Crippen molar-refractivity contribution in [1.82, 2.24) is 5.32 Å². The van der Waals surface area contributed by atoms with E-state index in [1.165, 1.54) is 25.1 Å². The number of halogens is 1. The number of hydrogen-bond acceptors (Lipinski definition) is 4. The lowest BCUT2D eigenvalue weighted by Crippen LogP contribution is -2.41. The normalized spacial score (nSPS) is 20.6. The van der Waals surface area contributed by atoms with E-state index >= 15 is 0 Å². The fraction of sp³-hybridized carbons (Fsp3) is 0.400. The molecule has 1 aromatic carbocycles. The van der Waals surface area contributed by atoms with E-state index in [9.17, 15) is 14.0 Å². The average Bonchev–Trinajstić information content (AvgIpc) is 2.44. The zero-order valence-corrected chi connectivity index (χ0v) is 12.5. The van der Waals surface area contributed by atoms with E-state index in [0.29, 0.717) is 24.2 Å². The van der Waals surface area contributed by atoms with E-state index in [1.54, 1.807) is 0 Å². The van der Waals surface area contributed by atoms with E-state index < -0.39 is 23.9 Å². The van der Waals surface area contributed by atoms with Gasteiger partial charge in [-0.25, -0.2) is 9.18 Å². The molecule has 0 unspecified atom stereocenters. The van der Waals surface area contributed by atoms with Gasteiger partial charge >= 0.3 is 6.09 Å². The van der Waals surface area contributed by atoms with Crippen LogP contribution >= 0.6 is 0 Å². The summed E-state index contributed by atoms with van der Waals surface area (Å²) in [7, 11) is 0. The molecule has 7 nitrogen and oxygen atoms in total. The predicted molar refractivity (Wildman–Crippen MR) is 81.4 cm³/mol. The van der Waals surface area contributed by atoms with Gasteiger partial charge < -0.3 is 21.1 Å². The summed E-state index contributed by atoms with van der Waals surface area (Å²) in [5.41, 5.74) is 0.762. The smallest absolute Gasteiger partial charge is 0.405 e. The van der Waals surface area contributed by atoms with Crippen LogP contribution in [0.5, 0.6) is 0 Å². The lowest BCUT2D eigenvalue weighted by Gasteiger charge is -2.32. The van der Waals surface area contributed by atoms with Crippen molar-refractivity contribution in [2.75, 3.05) is 10.6 Å². The summed E-state index contributed by atoms with van der Waals surface area (Å²) in [5.74, 6) is -1.01. The first-order valence-electron chi connectivity index (χ1n) is 7.15. The van der Waals surface area contributed by atoms with Gasteiger partial charge in [-0.1, -0.05) is 0 Å². The van der Waals surface area contributed by atoms with Crippen LogP contribution in [0, 0.1) is 23.1 Å². The van der Waals surface area contributed by atoms with E-state index in [1.807, 2.05) is 5.32 Å². The highest BCUT2D eigenvalue weighted by Gasteiger charge is 2.29. The fourth-order valence-corrected chi connectivity index (χ4v) is 2.30. The molecule has 1 fully saturated rings. The largest absolute Gasteiger partial charge is 0.465 e. The first-order chi connectivity index (χ1) is 10.9. The Kier molecular flexibility index (Phi) is 5.01. The zero-order valence-electron chi connectivity index (χ0n) is 12.5.